The molecule has 1 atom stereocenters. The van der Waals surface area contributed by atoms with Gasteiger partial charge in [0.05, 0.1) is 15.8 Å². The molecule has 0 aliphatic carbocycles. The quantitative estimate of drug-likeness (QED) is 0.544. The van der Waals surface area contributed by atoms with Crippen molar-refractivity contribution in [1.82, 2.24) is 9.03 Å². The fourth-order valence-electron chi connectivity index (χ4n) is 3.89. The smallest absolute Gasteiger partial charge is 0.207 e. The lowest BCUT2D eigenvalue weighted by molar-refractivity contribution is 0.477. The maximum absolute atomic E-state index is 13.2. The van der Waals surface area contributed by atoms with Gasteiger partial charge in [0.25, 0.3) is 0 Å². The largest absolute Gasteiger partial charge is 0.243 e. The van der Waals surface area contributed by atoms with Crippen LogP contribution in [-0.2, 0) is 26.5 Å². The first-order valence-electron chi connectivity index (χ1n) is 10.6. The number of sulfonamides is 2. The number of hydrogen-bond acceptors (Lipinski definition) is 4. The van der Waals surface area contributed by atoms with Gasteiger partial charge < -0.3 is 0 Å². The molecule has 1 unspecified atom stereocenters. The van der Waals surface area contributed by atoms with Crippen molar-refractivity contribution < 1.29 is 16.8 Å². The van der Waals surface area contributed by atoms with Crippen molar-refractivity contribution in [3.63, 3.8) is 0 Å². The summed E-state index contributed by atoms with van der Waals surface area (Å²) in [7, 11) is -7.46. The molecule has 168 valence electrons. The molecule has 0 spiro atoms. The summed E-state index contributed by atoms with van der Waals surface area (Å²) in [4.78, 5) is 0.147. The van der Waals surface area contributed by atoms with Crippen LogP contribution in [0.2, 0.25) is 0 Å². The summed E-state index contributed by atoms with van der Waals surface area (Å²) in [6.07, 6.45) is 2.18. The van der Waals surface area contributed by atoms with Gasteiger partial charge in [0.1, 0.15) is 0 Å². The lowest BCUT2D eigenvalue weighted by Crippen LogP contribution is -2.30. The minimum Gasteiger partial charge on any atom is -0.207 e. The minimum absolute atomic E-state index is 0.0341. The average molecular weight is 471 g/mol. The van der Waals surface area contributed by atoms with Gasteiger partial charge in [0.2, 0.25) is 20.0 Å². The SMILES string of the molecule is O=S(=O)(NC(Cc1ccccc1)c1ccccc1)c1ccc(S(=O)(=O)N2CCCC2)cc1. The molecule has 0 saturated carbocycles. The van der Waals surface area contributed by atoms with Gasteiger partial charge in [0, 0.05) is 13.1 Å². The number of benzene rings is 3. The first kappa shape index (κ1) is 22.7. The molecule has 3 aromatic carbocycles. The molecule has 0 radical (unpaired) electrons. The average Bonchev–Trinajstić information content (AvgIpc) is 3.36. The highest BCUT2D eigenvalue weighted by atomic mass is 32.2. The van der Waals surface area contributed by atoms with Crippen LogP contribution in [-0.4, -0.2) is 34.2 Å². The Labute approximate surface area is 190 Å². The van der Waals surface area contributed by atoms with Gasteiger partial charge >= 0.3 is 0 Å². The number of nitrogens with zero attached hydrogens (tertiary/aromatic N) is 1. The first-order chi connectivity index (χ1) is 15.4. The van der Waals surface area contributed by atoms with Crippen molar-refractivity contribution in [2.45, 2.75) is 35.1 Å². The lowest BCUT2D eigenvalue weighted by Gasteiger charge is -2.20. The molecule has 1 aliphatic rings. The van der Waals surface area contributed by atoms with Crippen LogP contribution in [0.5, 0.6) is 0 Å². The third-order valence-corrected chi connectivity index (χ3v) is 9.02. The molecule has 32 heavy (non-hydrogen) atoms. The highest BCUT2D eigenvalue weighted by Gasteiger charge is 2.28. The minimum atomic E-state index is -3.87. The third-order valence-electron chi connectivity index (χ3n) is 5.62. The van der Waals surface area contributed by atoms with Crippen LogP contribution in [0.3, 0.4) is 0 Å². The van der Waals surface area contributed by atoms with E-state index in [9.17, 15) is 16.8 Å². The molecule has 1 fully saturated rings. The lowest BCUT2D eigenvalue weighted by atomic mass is 10.00. The van der Waals surface area contributed by atoms with Crippen LogP contribution in [0.4, 0.5) is 0 Å². The van der Waals surface area contributed by atoms with E-state index in [4.69, 9.17) is 0 Å². The Morgan fingerprint density at radius 1 is 0.719 bits per heavy atom. The normalized spacial score (nSPS) is 16.1. The molecule has 1 N–H and O–H groups in total. The summed E-state index contributed by atoms with van der Waals surface area (Å²) < 4.78 is 56.0. The second kappa shape index (κ2) is 9.54. The number of rotatable bonds is 8. The Bertz CT molecular complexity index is 1240. The van der Waals surface area contributed by atoms with Gasteiger partial charge in [-0.3, -0.25) is 0 Å². The fraction of sp³-hybridized carbons (Fsp3) is 0.250. The van der Waals surface area contributed by atoms with Crippen molar-refractivity contribution in [2.24, 2.45) is 0 Å². The monoisotopic (exact) mass is 470 g/mol. The Morgan fingerprint density at radius 3 is 1.84 bits per heavy atom. The van der Waals surface area contributed by atoms with Gasteiger partial charge in [0.15, 0.2) is 0 Å². The Kier molecular flexibility index (Phi) is 6.76. The molecule has 6 nitrogen and oxygen atoms in total. The van der Waals surface area contributed by atoms with Crippen LogP contribution in [0, 0.1) is 0 Å². The van der Waals surface area contributed by atoms with Crippen molar-refractivity contribution in [1.29, 1.82) is 0 Å². The molecule has 1 aliphatic heterocycles. The molecular weight excluding hydrogens is 444 g/mol. The van der Waals surface area contributed by atoms with E-state index in [0.717, 1.165) is 24.0 Å². The van der Waals surface area contributed by atoms with E-state index in [1.165, 1.54) is 28.6 Å². The van der Waals surface area contributed by atoms with Crippen LogP contribution >= 0.6 is 0 Å². The standard InChI is InChI=1S/C24H26N2O4S2/c27-31(28,22-13-15-23(16-14-22)32(29,30)26-17-7-8-18-26)25-24(21-11-5-2-6-12-21)19-20-9-3-1-4-10-20/h1-6,9-16,24-25H,7-8,17-19H2. The molecular formula is C24H26N2O4S2. The molecule has 1 heterocycles. The van der Waals surface area contributed by atoms with E-state index >= 15 is 0 Å². The summed E-state index contributed by atoms with van der Waals surface area (Å²) >= 11 is 0. The highest BCUT2D eigenvalue weighted by molar-refractivity contribution is 7.89. The third kappa shape index (κ3) is 5.10. The molecule has 4 rings (SSSR count). The van der Waals surface area contributed by atoms with E-state index < -0.39 is 26.1 Å². The fourth-order valence-corrected chi connectivity index (χ4v) is 6.63. The van der Waals surface area contributed by atoms with Gasteiger partial charge in [-0.15, -0.1) is 0 Å². The number of nitrogens with one attached hydrogen (secondary N) is 1. The maximum atomic E-state index is 13.2. The maximum Gasteiger partial charge on any atom is 0.243 e. The zero-order chi connectivity index (χ0) is 22.6. The Hall–Kier alpha value is -2.52. The summed E-state index contributed by atoms with van der Waals surface area (Å²) in [5, 5.41) is 0. The zero-order valence-electron chi connectivity index (χ0n) is 17.6. The van der Waals surface area contributed by atoms with E-state index in [1.54, 1.807) is 0 Å². The van der Waals surface area contributed by atoms with Crippen molar-refractivity contribution in [2.75, 3.05) is 13.1 Å². The topological polar surface area (TPSA) is 83.5 Å². The Morgan fingerprint density at radius 2 is 1.25 bits per heavy atom. The second-order valence-electron chi connectivity index (χ2n) is 7.86. The summed E-state index contributed by atoms with van der Waals surface area (Å²) in [5.74, 6) is 0. The van der Waals surface area contributed by atoms with Crippen molar-refractivity contribution in [3.05, 3.63) is 96.1 Å². The van der Waals surface area contributed by atoms with Gasteiger partial charge in [-0.25, -0.2) is 21.6 Å². The predicted molar refractivity (Wildman–Crippen MR) is 124 cm³/mol. The van der Waals surface area contributed by atoms with E-state index in [2.05, 4.69) is 4.72 Å². The molecule has 0 aromatic heterocycles. The summed E-state index contributed by atoms with van der Waals surface area (Å²) in [6.45, 7) is 1.00. The van der Waals surface area contributed by atoms with E-state index in [0.29, 0.717) is 19.5 Å². The number of hydrogen-bond donors (Lipinski definition) is 1. The van der Waals surface area contributed by atoms with Crippen LogP contribution in [0.15, 0.2) is 94.7 Å². The summed E-state index contributed by atoms with van der Waals surface area (Å²) in [6, 6.07) is 24.1. The molecule has 8 heteroatoms. The van der Waals surface area contributed by atoms with Crippen molar-refractivity contribution in [3.8, 4) is 0 Å². The van der Waals surface area contributed by atoms with Gasteiger partial charge in [-0.1, -0.05) is 60.7 Å². The molecule has 0 bridgehead atoms. The summed E-state index contributed by atoms with van der Waals surface area (Å²) in [5.41, 5.74) is 1.87. The van der Waals surface area contributed by atoms with Gasteiger partial charge in [-0.05, 0) is 54.7 Å². The van der Waals surface area contributed by atoms with Crippen LogP contribution < -0.4 is 4.72 Å². The second-order valence-corrected chi connectivity index (χ2v) is 11.5. The van der Waals surface area contributed by atoms with Gasteiger partial charge in [-0.2, -0.15) is 4.31 Å². The van der Waals surface area contributed by atoms with Crippen molar-refractivity contribution >= 4 is 20.0 Å². The predicted octanol–water partition coefficient (Wildman–Crippen LogP) is 3.73. The first-order valence-corrected chi connectivity index (χ1v) is 13.5. The zero-order valence-corrected chi connectivity index (χ0v) is 19.2. The molecule has 0 amide bonds. The Balaban J connectivity index is 1.58. The van der Waals surface area contributed by atoms with Crippen LogP contribution in [0.25, 0.3) is 0 Å². The molecule has 1 saturated heterocycles. The highest BCUT2D eigenvalue weighted by Crippen LogP contribution is 2.24. The van der Waals surface area contributed by atoms with E-state index in [1.807, 2.05) is 60.7 Å². The van der Waals surface area contributed by atoms with E-state index in [-0.39, 0.29) is 9.79 Å². The van der Waals surface area contributed by atoms with Crippen LogP contribution in [0.1, 0.15) is 30.0 Å². The molecule has 3 aromatic rings.